The summed E-state index contributed by atoms with van der Waals surface area (Å²) in [6, 6.07) is 17.4. The third-order valence-corrected chi connectivity index (χ3v) is 7.07. The van der Waals surface area contributed by atoms with Gasteiger partial charge >= 0.3 is 0 Å². The van der Waals surface area contributed by atoms with Crippen molar-refractivity contribution in [1.29, 1.82) is 0 Å². The largest absolute Gasteiger partial charge is 0.506 e. The highest BCUT2D eigenvalue weighted by Crippen LogP contribution is 2.49. The van der Waals surface area contributed by atoms with E-state index in [1.165, 1.54) is 25.3 Å². The number of benzene rings is 3. The molecule has 1 aliphatic rings. The predicted molar refractivity (Wildman–Crippen MR) is 123 cm³/mol. The summed E-state index contributed by atoms with van der Waals surface area (Å²) >= 11 is 5.95. The van der Waals surface area contributed by atoms with Crippen LogP contribution in [-0.2, 0) is 20.2 Å². The van der Waals surface area contributed by atoms with Gasteiger partial charge in [-0.1, -0.05) is 35.9 Å². The van der Waals surface area contributed by atoms with E-state index in [2.05, 4.69) is 10.0 Å². The lowest BCUT2D eigenvalue weighted by atomic mass is 9.95. The second kappa shape index (κ2) is 8.37. The number of anilines is 2. The van der Waals surface area contributed by atoms with Gasteiger partial charge in [-0.25, -0.2) is 8.42 Å². The maximum absolute atomic E-state index is 13.0. The molecule has 0 radical (unpaired) electrons. The zero-order chi connectivity index (χ0) is 22.9. The number of nitrogens with one attached hydrogen (secondary N) is 2. The van der Waals surface area contributed by atoms with Crippen LogP contribution in [0.15, 0.2) is 71.6 Å². The summed E-state index contributed by atoms with van der Waals surface area (Å²) in [7, 11) is -2.56. The fourth-order valence-corrected chi connectivity index (χ4v) is 4.72. The Labute approximate surface area is 191 Å². The number of rotatable bonds is 7. The van der Waals surface area contributed by atoms with Crippen LogP contribution in [0.4, 0.5) is 11.4 Å². The van der Waals surface area contributed by atoms with Crippen molar-refractivity contribution in [3.8, 4) is 11.5 Å². The van der Waals surface area contributed by atoms with Crippen molar-refractivity contribution >= 4 is 38.9 Å². The summed E-state index contributed by atoms with van der Waals surface area (Å²) in [5, 5.41) is 13.5. The third kappa shape index (κ3) is 4.24. The molecule has 32 heavy (non-hydrogen) atoms. The fourth-order valence-electron chi connectivity index (χ4n) is 3.50. The Hall–Kier alpha value is -3.23. The van der Waals surface area contributed by atoms with Crippen molar-refractivity contribution in [2.24, 2.45) is 0 Å². The van der Waals surface area contributed by atoms with Gasteiger partial charge in [0.05, 0.1) is 28.8 Å². The van der Waals surface area contributed by atoms with E-state index >= 15 is 0 Å². The third-order valence-electron chi connectivity index (χ3n) is 5.46. The van der Waals surface area contributed by atoms with Crippen LogP contribution in [0.1, 0.15) is 18.4 Å². The molecular formula is C23H21ClN2O5S. The Balaban J connectivity index is 1.59. The Bertz CT molecular complexity index is 1270. The molecule has 7 nitrogen and oxygen atoms in total. The lowest BCUT2D eigenvalue weighted by Crippen LogP contribution is -2.28. The van der Waals surface area contributed by atoms with Gasteiger partial charge in [0.15, 0.2) is 0 Å². The first-order valence-electron chi connectivity index (χ1n) is 9.81. The zero-order valence-corrected chi connectivity index (χ0v) is 18.7. The van der Waals surface area contributed by atoms with Crippen molar-refractivity contribution in [2.75, 3.05) is 17.1 Å². The average Bonchev–Trinajstić information content (AvgIpc) is 3.58. The van der Waals surface area contributed by atoms with Crippen LogP contribution in [0, 0.1) is 0 Å². The van der Waals surface area contributed by atoms with Crippen LogP contribution < -0.4 is 14.8 Å². The van der Waals surface area contributed by atoms with Gasteiger partial charge in [-0.2, -0.15) is 0 Å². The van der Waals surface area contributed by atoms with Crippen molar-refractivity contribution < 1.29 is 23.1 Å². The first-order valence-corrected chi connectivity index (χ1v) is 11.7. The quantitative estimate of drug-likeness (QED) is 0.438. The van der Waals surface area contributed by atoms with Gasteiger partial charge in [0.2, 0.25) is 5.91 Å². The molecule has 0 aliphatic heterocycles. The Morgan fingerprint density at radius 3 is 2.38 bits per heavy atom. The number of ether oxygens (including phenoxy) is 1. The minimum Gasteiger partial charge on any atom is -0.506 e. The number of hydrogen-bond acceptors (Lipinski definition) is 5. The molecule has 0 spiro atoms. The van der Waals surface area contributed by atoms with Gasteiger partial charge in [-0.05, 0) is 60.9 Å². The number of hydrogen-bond donors (Lipinski definition) is 3. The summed E-state index contributed by atoms with van der Waals surface area (Å²) in [5.74, 6) is -0.189. The SMILES string of the molecule is COc1ccccc1NS(=O)(=O)c1ccc(O)c(NC(=O)C2(c3ccc(Cl)cc3)CC2)c1. The van der Waals surface area contributed by atoms with E-state index < -0.39 is 15.4 Å². The molecule has 166 valence electrons. The van der Waals surface area contributed by atoms with Gasteiger partial charge in [0.25, 0.3) is 10.0 Å². The van der Waals surface area contributed by atoms with Gasteiger partial charge in [-0.15, -0.1) is 0 Å². The fraction of sp³-hybridized carbons (Fsp3) is 0.174. The van der Waals surface area contributed by atoms with E-state index in [0.29, 0.717) is 23.6 Å². The molecule has 9 heteroatoms. The highest BCUT2D eigenvalue weighted by molar-refractivity contribution is 7.92. The van der Waals surface area contributed by atoms with E-state index in [-0.39, 0.29) is 27.9 Å². The molecule has 0 atom stereocenters. The minimum absolute atomic E-state index is 0.0122. The number of methoxy groups -OCH3 is 1. The number of para-hydroxylation sites is 2. The van der Waals surface area contributed by atoms with Crippen LogP contribution >= 0.6 is 11.6 Å². The minimum atomic E-state index is -4.00. The van der Waals surface area contributed by atoms with Crippen LogP contribution in [0.2, 0.25) is 5.02 Å². The van der Waals surface area contributed by atoms with Crippen molar-refractivity contribution in [1.82, 2.24) is 0 Å². The highest BCUT2D eigenvalue weighted by atomic mass is 35.5. The van der Waals surface area contributed by atoms with Crippen molar-refractivity contribution in [3.05, 3.63) is 77.3 Å². The number of amides is 1. The van der Waals surface area contributed by atoms with Crippen molar-refractivity contribution in [2.45, 2.75) is 23.2 Å². The van der Waals surface area contributed by atoms with E-state index in [0.717, 1.165) is 5.56 Å². The van der Waals surface area contributed by atoms with E-state index in [1.807, 2.05) is 0 Å². The van der Waals surface area contributed by atoms with Crippen LogP contribution in [0.3, 0.4) is 0 Å². The average molecular weight is 473 g/mol. The number of sulfonamides is 1. The first-order chi connectivity index (χ1) is 15.2. The van der Waals surface area contributed by atoms with Gasteiger partial charge in [0, 0.05) is 5.02 Å². The standard InChI is InChI=1S/C23H21ClN2O5S/c1-31-21-5-3-2-4-18(21)26-32(29,30)17-10-11-20(27)19(14-17)25-22(28)23(12-13-23)15-6-8-16(24)9-7-15/h2-11,14,26-27H,12-13H2,1H3,(H,25,28). The number of halogens is 1. The van der Waals surface area contributed by atoms with Crippen LogP contribution in [-0.4, -0.2) is 26.5 Å². The molecule has 3 N–H and O–H groups in total. The molecule has 1 saturated carbocycles. The lowest BCUT2D eigenvalue weighted by molar-refractivity contribution is -0.118. The summed E-state index contributed by atoms with van der Waals surface area (Å²) in [6.45, 7) is 0. The van der Waals surface area contributed by atoms with Crippen LogP contribution in [0.5, 0.6) is 11.5 Å². The van der Waals surface area contributed by atoms with Crippen molar-refractivity contribution in [3.63, 3.8) is 0 Å². The maximum atomic E-state index is 13.0. The van der Waals surface area contributed by atoms with E-state index in [1.54, 1.807) is 48.5 Å². The number of carbonyl (C=O) groups excluding carboxylic acids is 1. The zero-order valence-electron chi connectivity index (χ0n) is 17.1. The molecule has 4 rings (SSSR count). The number of carbonyl (C=O) groups is 1. The lowest BCUT2D eigenvalue weighted by Gasteiger charge is -2.17. The molecule has 0 saturated heterocycles. The monoisotopic (exact) mass is 472 g/mol. The molecule has 1 aliphatic carbocycles. The smallest absolute Gasteiger partial charge is 0.262 e. The second-order valence-corrected chi connectivity index (χ2v) is 9.65. The Morgan fingerprint density at radius 2 is 1.72 bits per heavy atom. The normalized spacial score (nSPS) is 14.4. The summed E-state index contributed by atoms with van der Waals surface area (Å²) in [5.41, 5.74) is 0.383. The maximum Gasteiger partial charge on any atom is 0.262 e. The molecule has 0 unspecified atom stereocenters. The first kappa shape index (κ1) is 22.0. The van der Waals surface area contributed by atoms with Crippen LogP contribution in [0.25, 0.3) is 0 Å². The molecular weight excluding hydrogens is 452 g/mol. The molecule has 1 fully saturated rings. The summed E-state index contributed by atoms with van der Waals surface area (Å²) < 4.78 is 33.5. The van der Waals surface area contributed by atoms with E-state index in [4.69, 9.17) is 16.3 Å². The molecule has 3 aromatic rings. The van der Waals surface area contributed by atoms with Gasteiger partial charge in [0.1, 0.15) is 11.5 Å². The van der Waals surface area contributed by atoms with Gasteiger partial charge in [-0.3, -0.25) is 9.52 Å². The number of phenols is 1. The van der Waals surface area contributed by atoms with E-state index in [9.17, 15) is 18.3 Å². The Kier molecular flexibility index (Phi) is 5.75. The van der Waals surface area contributed by atoms with Gasteiger partial charge < -0.3 is 15.2 Å². The highest BCUT2D eigenvalue weighted by Gasteiger charge is 2.51. The molecule has 3 aromatic carbocycles. The molecule has 0 heterocycles. The molecule has 0 bridgehead atoms. The predicted octanol–water partition coefficient (Wildman–Crippen LogP) is 4.53. The number of phenolic OH excluding ortho intramolecular Hbond substituents is 1. The molecule has 1 amide bonds. The topological polar surface area (TPSA) is 105 Å². The number of aromatic hydroxyl groups is 1. The Morgan fingerprint density at radius 1 is 1.03 bits per heavy atom. The summed E-state index contributed by atoms with van der Waals surface area (Å²) in [4.78, 5) is 12.9. The second-order valence-electron chi connectivity index (χ2n) is 7.53. The molecule has 0 aromatic heterocycles. The summed E-state index contributed by atoms with van der Waals surface area (Å²) in [6.07, 6.45) is 1.29.